The van der Waals surface area contributed by atoms with Crippen LogP contribution in [0.1, 0.15) is 66.2 Å². The van der Waals surface area contributed by atoms with Gasteiger partial charge in [0.25, 0.3) is 0 Å². The fourth-order valence-electron chi connectivity index (χ4n) is 2.87. The molecule has 1 N–H and O–H groups in total. The monoisotopic (exact) mass is 318 g/mol. The van der Waals surface area contributed by atoms with Gasteiger partial charge in [0.1, 0.15) is 0 Å². The molecule has 4 heteroatoms. The summed E-state index contributed by atoms with van der Waals surface area (Å²) >= 11 is 10.0. The van der Waals surface area contributed by atoms with Crippen molar-refractivity contribution in [1.82, 2.24) is 0 Å². The number of carboxylic acid groups (broad SMARTS) is 1. The highest BCUT2D eigenvalue weighted by Gasteiger charge is 2.33. The van der Waals surface area contributed by atoms with Crippen molar-refractivity contribution in [2.45, 2.75) is 66.2 Å². The third kappa shape index (κ3) is 7.63. The van der Waals surface area contributed by atoms with E-state index in [1.165, 1.54) is 0 Å². The van der Waals surface area contributed by atoms with Gasteiger partial charge < -0.3 is 5.11 Å². The Labute approximate surface area is 135 Å². The van der Waals surface area contributed by atoms with Gasteiger partial charge in [-0.25, -0.2) is 0 Å². The summed E-state index contributed by atoms with van der Waals surface area (Å²) in [4.78, 5) is 11.9. The Morgan fingerprint density at radius 3 is 2.25 bits per heavy atom. The lowest BCUT2D eigenvalue weighted by Crippen LogP contribution is -2.33. The van der Waals surface area contributed by atoms with E-state index in [1.807, 2.05) is 0 Å². The third-order valence-electron chi connectivity index (χ3n) is 3.85. The molecule has 118 valence electrons. The summed E-state index contributed by atoms with van der Waals surface area (Å²) in [6.45, 7) is 8.86. The minimum Gasteiger partial charge on any atom is -0.481 e. The Balaban J connectivity index is 4.92. The number of thiocarbonyl (C=S) groups is 1. The smallest absolute Gasteiger partial charge is 0.303 e. The van der Waals surface area contributed by atoms with Crippen LogP contribution >= 0.6 is 24.8 Å². The molecular formula is C16H30O2S2. The van der Waals surface area contributed by atoms with E-state index in [4.69, 9.17) is 17.3 Å². The molecule has 0 bridgehead atoms. The molecule has 0 aliphatic heterocycles. The van der Waals surface area contributed by atoms with E-state index in [1.54, 1.807) is 0 Å². The molecule has 0 aromatic heterocycles. The summed E-state index contributed by atoms with van der Waals surface area (Å²) in [5.74, 6) is 0.948. The molecule has 0 heterocycles. The van der Waals surface area contributed by atoms with Gasteiger partial charge in [-0.05, 0) is 53.6 Å². The van der Waals surface area contributed by atoms with Gasteiger partial charge in [-0.2, -0.15) is 12.6 Å². The zero-order valence-corrected chi connectivity index (χ0v) is 15.0. The first-order valence-electron chi connectivity index (χ1n) is 7.59. The Morgan fingerprint density at radius 2 is 1.85 bits per heavy atom. The van der Waals surface area contributed by atoms with Gasteiger partial charge in [0.15, 0.2) is 0 Å². The summed E-state index contributed by atoms with van der Waals surface area (Å²) in [5, 5.41) is 8.83. The number of carbonyl (C=O) groups is 1. The van der Waals surface area contributed by atoms with Crippen molar-refractivity contribution < 1.29 is 9.90 Å². The maximum absolute atomic E-state index is 10.7. The minimum absolute atomic E-state index is 0.143. The molecule has 0 saturated carbocycles. The lowest BCUT2D eigenvalue weighted by atomic mass is 9.68. The molecule has 0 saturated heterocycles. The molecule has 0 rings (SSSR count). The van der Waals surface area contributed by atoms with E-state index in [0.717, 1.165) is 42.7 Å². The maximum Gasteiger partial charge on any atom is 0.303 e. The van der Waals surface area contributed by atoms with Crippen LogP contribution in [0.4, 0.5) is 0 Å². The lowest BCUT2D eigenvalue weighted by Gasteiger charge is -2.38. The predicted octanol–water partition coefficient (Wildman–Crippen LogP) is 5.01. The largest absolute Gasteiger partial charge is 0.481 e. The zero-order chi connectivity index (χ0) is 15.8. The highest BCUT2D eigenvalue weighted by Crippen LogP contribution is 2.39. The van der Waals surface area contributed by atoms with Crippen molar-refractivity contribution in [3.63, 3.8) is 0 Å². The van der Waals surface area contributed by atoms with Crippen LogP contribution in [0.5, 0.6) is 0 Å². The Hall–Kier alpha value is -0.0900. The van der Waals surface area contributed by atoms with E-state index in [-0.39, 0.29) is 11.8 Å². The molecule has 0 amide bonds. The van der Waals surface area contributed by atoms with Crippen LogP contribution in [0, 0.1) is 17.3 Å². The van der Waals surface area contributed by atoms with Crippen molar-refractivity contribution in [1.29, 1.82) is 0 Å². The Bertz CT molecular complexity index is 308. The van der Waals surface area contributed by atoms with Crippen LogP contribution < -0.4 is 0 Å². The Morgan fingerprint density at radius 1 is 1.25 bits per heavy atom. The van der Waals surface area contributed by atoms with Crippen molar-refractivity contribution in [2.75, 3.05) is 5.75 Å². The predicted molar refractivity (Wildman–Crippen MR) is 93.9 cm³/mol. The summed E-state index contributed by atoms with van der Waals surface area (Å²) < 4.78 is 0. The molecule has 0 aromatic carbocycles. The molecule has 2 atom stereocenters. The molecule has 2 nitrogen and oxygen atoms in total. The van der Waals surface area contributed by atoms with Gasteiger partial charge >= 0.3 is 5.97 Å². The van der Waals surface area contributed by atoms with Crippen molar-refractivity contribution in [2.24, 2.45) is 17.3 Å². The molecule has 0 aliphatic rings. The van der Waals surface area contributed by atoms with E-state index >= 15 is 0 Å². The maximum atomic E-state index is 10.7. The Kier molecular flexibility index (Phi) is 9.73. The quantitative estimate of drug-likeness (QED) is 0.439. The number of rotatable bonds is 10. The van der Waals surface area contributed by atoms with Crippen LogP contribution in [0.3, 0.4) is 0 Å². The minimum atomic E-state index is -0.709. The first kappa shape index (κ1) is 19.9. The second-order valence-corrected chi connectivity index (χ2v) is 7.57. The van der Waals surface area contributed by atoms with Crippen LogP contribution in [-0.4, -0.2) is 21.7 Å². The number of hydrogen-bond donors (Lipinski definition) is 2. The first-order chi connectivity index (χ1) is 9.23. The van der Waals surface area contributed by atoms with Gasteiger partial charge in [0.2, 0.25) is 0 Å². The molecule has 0 aliphatic carbocycles. The van der Waals surface area contributed by atoms with Gasteiger partial charge in [0, 0.05) is 6.42 Å². The summed E-state index contributed by atoms with van der Waals surface area (Å²) in [5.41, 5.74) is 0.143. The van der Waals surface area contributed by atoms with Crippen LogP contribution in [0.25, 0.3) is 0 Å². The molecule has 0 spiro atoms. The van der Waals surface area contributed by atoms with Crippen molar-refractivity contribution in [3.05, 3.63) is 0 Å². The van der Waals surface area contributed by atoms with Gasteiger partial charge in [-0.15, -0.1) is 0 Å². The number of aliphatic carboxylic acids is 1. The fourth-order valence-corrected chi connectivity index (χ4v) is 3.63. The van der Waals surface area contributed by atoms with Gasteiger partial charge in [-0.1, -0.05) is 46.3 Å². The number of hydrogen-bond acceptors (Lipinski definition) is 3. The topological polar surface area (TPSA) is 37.3 Å². The van der Waals surface area contributed by atoms with E-state index in [9.17, 15) is 4.79 Å². The molecule has 0 aromatic rings. The average Bonchev–Trinajstić information content (AvgIpc) is 2.31. The van der Waals surface area contributed by atoms with Gasteiger partial charge in [0.05, 0.1) is 0 Å². The molecular weight excluding hydrogens is 288 g/mol. The van der Waals surface area contributed by atoms with E-state index < -0.39 is 5.97 Å². The summed E-state index contributed by atoms with van der Waals surface area (Å²) in [7, 11) is 0. The normalized spacial score (nSPS) is 14.8. The molecule has 2 unspecified atom stereocenters. The number of thiol groups is 1. The van der Waals surface area contributed by atoms with Crippen molar-refractivity contribution in [3.8, 4) is 0 Å². The highest BCUT2D eigenvalue weighted by molar-refractivity contribution is 7.80. The van der Waals surface area contributed by atoms with E-state index in [0.29, 0.717) is 11.8 Å². The zero-order valence-electron chi connectivity index (χ0n) is 13.3. The van der Waals surface area contributed by atoms with Crippen LogP contribution in [-0.2, 0) is 4.79 Å². The molecule has 0 fully saturated rings. The standard InChI is InChI=1S/C16H30O2S2/c1-5-7-14(20)12(10-11-19)13(16(2,3)4)8-6-9-15(17)18/h12-13,19H,5-11H2,1-4H3,(H,17,18). The summed E-state index contributed by atoms with van der Waals surface area (Å²) in [6, 6.07) is 0. The van der Waals surface area contributed by atoms with Crippen LogP contribution in [0.15, 0.2) is 0 Å². The first-order valence-corrected chi connectivity index (χ1v) is 8.63. The lowest BCUT2D eigenvalue weighted by molar-refractivity contribution is -0.137. The summed E-state index contributed by atoms with van der Waals surface area (Å²) in [6.07, 6.45) is 4.97. The fraction of sp³-hybridized carbons (Fsp3) is 0.875. The second kappa shape index (κ2) is 9.78. The molecule has 0 radical (unpaired) electrons. The highest BCUT2D eigenvalue weighted by atomic mass is 32.1. The molecule has 20 heavy (non-hydrogen) atoms. The van der Waals surface area contributed by atoms with Gasteiger partial charge in [-0.3, -0.25) is 4.79 Å². The second-order valence-electron chi connectivity index (χ2n) is 6.59. The van der Waals surface area contributed by atoms with Crippen molar-refractivity contribution >= 4 is 35.7 Å². The average molecular weight is 319 g/mol. The van der Waals surface area contributed by atoms with Crippen LogP contribution in [0.2, 0.25) is 0 Å². The van der Waals surface area contributed by atoms with E-state index in [2.05, 4.69) is 40.3 Å². The SMILES string of the molecule is CCCC(=S)C(CCS)C(CCCC(=O)O)C(C)(C)C. The number of carboxylic acids is 1. The third-order valence-corrected chi connectivity index (χ3v) is 4.62.